The summed E-state index contributed by atoms with van der Waals surface area (Å²) in [6, 6.07) is 8.99. The van der Waals surface area contributed by atoms with Gasteiger partial charge < -0.3 is 10.0 Å². The van der Waals surface area contributed by atoms with Crippen molar-refractivity contribution in [3.05, 3.63) is 30.3 Å². The number of likely N-dealkylation sites (tertiary alicyclic amines) is 1. The third kappa shape index (κ3) is 3.17. The van der Waals surface area contributed by atoms with E-state index < -0.39 is 6.09 Å². The summed E-state index contributed by atoms with van der Waals surface area (Å²) in [5.41, 5.74) is 0.634. The summed E-state index contributed by atoms with van der Waals surface area (Å²) in [5.74, 6) is -0.383. The largest absolute Gasteiger partial charge is 0.465 e. The van der Waals surface area contributed by atoms with Crippen LogP contribution in [0.4, 0.5) is 10.5 Å². The third-order valence-corrected chi connectivity index (χ3v) is 3.65. The van der Waals surface area contributed by atoms with Crippen LogP contribution in [-0.4, -0.2) is 35.1 Å². The molecule has 0 radical (unpaired) electrons. The Morgan fingerprint density at radius 1 is 1.21 bits per heavy atom. The lowest BCUT2D eigenvalue weighted by Crippen LogP contribution is -2.42. The number of amides is 2. The number of hydrogen-bond acceptors (Lipinski definition) is 2. The number of para-hydroxylation sites is 1. The summed E-state index contributed by atoms with van der Waals surface area (Å²) in [4.78, 5) is 24.3. The minimum atomic E-state index is -0.934. The quantitative estimate of drug-likeness (QED) is 0.848. The van der Waals surface area contributed by atoms with Crippen LogP contribution in [-0.2, 0) is 4.79 Å². The van der Waals surface area contributed by atoms with Crippen LogP contribution in [0, 0.1) is 5.92 Å². The molecule has 19 heavy (non-hydrogen) atoms. The SMILES string of the molecule is O=C(O)N1CCC(C(=O)N(Cl)c2ccccc2)CC1. The summed E-state index contributed by atoms with van der Waals surface area (Å²) in [6.07, 6.45) is 0.0965. The highest BCUT2D eigenvalue weighted by molar-refractivity contribution is 6.36. The molecule has 0 saturated carbocycles. The van der Waals surface area contributed by atoms with E-state index in [1.165, 1.54) is 4.90 Å². The second-order valence-electron chi connectivity index (χ2n) is 4.50. The number of hydrogen-bond donors (Lipinski definition) is 1. The molecular weight excluding hydrogens is 268 g/mol. The van der Waals surface area contributed by atoms with E-state index in [4.69, 9.17) is 16.9 Å². The number of benzene rings is 1. The van der Waals surface area contributed by atoms with Crippen LogP contribution in [0.5, 0.6) is 0 Å². The lowest BCUT2D eigenvalue weighted by atomic mass is 9.96. The minimum Gasteiger partial charge on any atom is -0.465 e. The van der Waals surface area contributed by atoms with Crippen molar-refractivity contribution < 1.29 is 14.7 Å². The zero-order valence-corrected chi connectivity index (χ0v) is 11.1. The van der Waals surface area contributed by atoms with Crippen LogP contribution < -0.4 is 4.42 Å². The highest BCUT2D eigenvalue weighted by Crippen LogP contribution is 2.24. The van der Waals surface area contributed by atoms with E-state index in [0.717, 1.165) is 4.42 Å². The van der Waals surface area contributed by atoms with Gasteiger partial charge in [0.2, 0.25) is 5.91 Å². The smallest absolute Gasteiger partial charge is 0.407 e. The van der Waals surface area contributed by atoms with Crippen molar-refractivity contribution in [3.63, 3.8) is 0 Å². The van der Waals surface area contributed by atoms with Crippen molar-refractivity contribution in [2.24, 2.45) is 5.92 Å². The highest BCUT2D eigenvalue weighted by atomic mass is 35.5. The van der Waals surface area contributed by atoms with Crippen LogP contribution in [0.25, 0.3) is 0 Å². The summed E-state index contributed by atoms with van der Waals surface area (Å²) in [5, 5.41) is 8.85. The van der Waals surface area contributed by atoms with E-state index in [1.54, 1.807) is 12.1 Å². The average molecular weight is 283 g/mol. The molecule has 1 aromatic rings. The van der Waals surface area contributed by atoms with E-state index in [0.29, 0.717) is 31.6 Å². The Hall–Kier alpha value is -1.75. The van der Waals surface area contributed by atoms with E-state index in [-0.39, 0.29) is 11.8 Å². The lowest BCUT2D eigenvalue weighted by molar-refractivity contribution is -0.122. The van der Waals surface area contributed by atoms with Crippen molar-refractivity contribution in [1.82, 2.24) is 4.90 Å². The van der Waals surface area contributed by atoms with Crippen LogP contribution in [0.2, 0.25) is 0 Å². The number of nitrogens with zero attached hydrogens (tertiary/aromatic N) is 2. The van der Waals surface area contributed by atoms with Crippen LogP contribution in [0.15, 0.2) is 30.3 Å². The Labute approximate surface area is 116 Å². The number of carboxylic acid groups (broad SMARTS) is 1. The van der Waals surface area contributed by atoms with Gasteiger partial charge in [0, 0.05) is 30.8 Å². The second-order valence-corrected chi connectivity index (χ2v) is 4.84. The van der Waals surface area contributed by atoms with Gasteiger partial charge in [0.1, 0.15) is 0 Å². The topological polar surface area (TPSA) is 60.9 Å². The molecule has 6 heteroatoms. The number of rotatable bonds is 2. The fraction of sp³-hybridized carbons (Fsp3) is 0.385. The first-order chi connectivity index (χ1) is 9.09. The molecule has 0 atom stereocenters. The molecule has 2 amide bonds. The number of carbonyl (C=O) groups is 2. The molecular formula is C13H15ClN2O3. The molecule has 1 N–H and O–H groups in total. The fourth-order valence-corrected chi connectivity index (χ4v) is 2.41. The van der Waals surface area contributed by atoms with Crippen molar-refractivity contribution >= 4 is 29.5 Å². The monoisotopic (exact) mass is 282 g/mol. The molecule has 1 saturated heterocycles. The summed E-state index contributed by atoms with van der Waals surface area (Å²) in [6.45, 7) is 0.760. The molecule has 0 aromatic heterocycles. The predicted molar refractivity (Wildman–Crippen MR) is 72.1 cm³/mol. The van der Waals surface area contributed by atoms with Crippen molar-refractivity contribution in [3.8, 4) is 0 Å². The molecule has 1 aliphatic heterocycles. The maximum atomic E-state index is 12.2. The standard InChI is InChI=1S/C13H15ClN2O3/c14-16(11-4-2-1-3-5-11)12(17)10-6-8-15(9-7-10)13(18)19/h1-5,10H,6-9H2,(H,18,19). The van der Waals surface area contributed by atoms with E-state index in [9.17, 15) is 9.59 Å². The highest BCUT2D eigenvalue weighted by Gasteiger charge is 2.30. The number of anilines is 1. The van der Waals surface area contributed by atoms with Gasteiger partial charge in [0.15, 0.2) is 0 Å². The molecule has 102 valence electrons. The molecule has 0 aliphatic carbocycles. The van der Waals surface area contributed by atoms with E-state index in [2.05, 4.69) is 0 Å². The van der Waals surface area contributed by atoms with Gasteiger partial charge in [0.25, 0.3) is 0 Å². The van der Waals surface area contributed by atoms with Crippen molar-refractivity contribution in [1.29, 1.82) is 0 Å². The number of piperidine rings is 1. The zero-order valence-electron chi connectivity index (χ0n) is 10.3. The Balaban J connectivity index is 1.96. The lowest BCUT2D eigenvalue weighted by Gasteiger charge is -2.30. The summed E-state index contributed by atoms with van der Waals surface area (Å²) in [7, 11) is 0. The molecule has 0 spiro atoms. The number of halogens is 1. The Morgan fingerprint density at radius 3 is 2.32 bits per heavy atom. The second kappa shape index (κ2) is 5.93. The van der Waals surface area contributed by atoms with Gasteiger partial charge in [-0.1, -0.05) is 18.2 Å². The first-order valence-electron chi connectivity index (χ1n) is 6.12. The first-order valence-corrected chi connectivity index (χ1v) is 6.46. The van der Waals surface area contributed by atoms with Gasteiger partial charge in [-0.3, -0.25) is 4.79 Å². The molecule has 1 aromatic carbocycles. The van der Waals surface area contributed by atoms with Gasteiger partial charge >= 0.3 is 6.09 Å². The van der Waals surface area contributed by atoms with E-state index >= 15 is 0 Å². The third-order valence-electron chi connectivity index (χ3n) is 3.29. The van der Waals surface area contributed by atoms with Crippen LogP contribution >= 0.6 is 11.8 Å². The predicted octanol–water partition coefficient (Wildman–Crippen LogP) is 2.56. The molecule has 5 nitrogen and oxygen atoms in total. The zero-order chi connectivity index (χ0) is 13.8. The Morgan fingerprint density at radius 2 is 1.79 bits per heavy atom. The van der Waals surface area contributed by atoms with Crippen LogP contribution in [0.3, 0.4) is 0 Å². The maximum Gasteiger partial charge on any atom is 0.407 e. The molecule has 2 rings (SSSR count). The first kappa shape index (κ1) is 13.7. The van der Waals surface area contributed by atoms with Gasteiger partial charge in [-0.2, -0.15) is 0 Å². The normalized spacial score (nSPS) is 16.2. The van der Waals surface area contributed by atoms with Gasteiger partial charge in [-0.15, -0.1) is 0 Å². The fourth-order valence-electron chi connectivity index (χ4n) is 2.16. The van der Waals surface area contributed by atoms with Crippen molar-refractivity contribution in [2.45, 2.75) is 12.8 Å². The molecule has 0 bridgehead atoms. The Bertz CT molecular complexity index is 458. The molecule has 1 heterocycles. The average Bonchev–Trinajstić information content (AvgIpc) is 2.46. The van der Waals surface area contributed by atoms with E-state index in [1.807, 2.05) is 18.2 Å². The van der Waals surface area contributed by atoms with Crippen molar-refractivity contribution in [2.75, 3.05) is 17.5 Å². The molecule has 0 unspecified atom stereocenters. The Kier molecular flexibility index (Phi) is 4.27. The van der Waals surface area contributed by atoms with Gasteiger partial charge in [0.05, 0.1) is 5.69 Å². The minimum absolute atomic E-state index is 0.169. The maximum absolute atomic E-state index is 12.2. The summed E-state index contributed by atoms with van der Waals surface area (Å²) >= 11 is 6.04. The molecule has 1 aliphatic rings. The van der Waals surface area contributed by atoms with Gasteiger partial charge in [-0.25, -0.2) is 9.21 Å². The molecule has 1 fully saturated rings. The van der Waals surface area contributed by atoms with Gasteiger partial charge in [-0.05, 0) is 25.0 Å². The number of carbonyl (C=O) groups excluding carboxylic acids is 1. The van der Waals surface area contributed by atoms with Crippen LogP contribution in [0.1, 0.15) is 12.8 Å². The summed E-state index contributed by atoms with van der Waals surface area (Å²) < 4.78 is 1.13.